The highest BCUT2D eigenvalue weighted by molar-refractivity contribution is 5.71. The van der Waals surface area contributed by atoms with E-state index in [0.717, 1.165) is 128 Å². The first-order valence-corrected chi connectivity index (χ1v) is 29.0. The maximum absolute atomic E-state index is 12.9. The topological polar surface area (TPSA) is 78.9 Å². The molecule has 0 radical (unpaired) electrons. The van der Waals surface area contributed by atoms with Gasteiger partial charge in [0.15, 0.2) is 6.10 Å². The van der Waals surface area contributed by atoms with E-state index >= 15 is 0 Å². The van der Waals surface area contributed by atoms with Crippen LogP contribution in [0.5, 0.6) is 0 Å². The van der Waals surface area contributed by atoms with Crippen LogP contribution in [0.4, 0.5) is 0 Å². The Morgan fingerprint density at radius 1 is 0.288 bits per heavy atom. The molecule has 73 heavy (non-hydrogen) atoms. The van der Waals surface area contributed by atoms with E-state index in [9.17, 15) is 14.4 Å². The van der Waals surface area contributed by atoms with Gasteiger partial charge in [0, 0.05) is 19.3 Å². The summed E-state index contributed by atoms with van der Waals surface area (Å²) in [6.45, 7) is 6.34. The molecule has 0 saturated heterocycles. The number of hydrogen-bond donors (Lipinski definition) is 0. The van der Waals surface area contributed by atoms with Crippen LogP contribution in [0.3, 0.4) is 0 Å². The van der Waals surface area contributed by atoms with Gasteiger partial charge in [-0.15, -0.1) is 0 Å². The summed E-state index contributed by atoms with van der Waals surface area (Å²) in [5.41, 5.74) is 0. The fraction of sp³-hybridized carbons (Fsp3) is 0.567. The molecule has 0 unspecified atom stereocenters. The number of hydrogen-bond acceptors (Lipinski definition) is 6. The number of allylic oxidation sites excluding steroid dienone is 26. The van der Waals surface area contributed by atoms with Crippen LogP contribution in [0, 0.1) is 0 Å². The Hall–Kier alpha value is -4.97. The number of carbonyl (C=O) groups is 3. The number of carbonyl (C=O) groups excluding carboxylic acids is 3. The minimum atomic E-state index is -0.843. The molecule has 6 nitrogen and oxygen atoms in total. The fourth-order valence-electron chi connectivity index (χ4n) is 7.16. The fourth-order valence-corrected chi connectivity index (χ4v) is 7.16. The Labute approximate surface area is 448 Å². The molecule has 0 aromatic carbocycles. The van der Waals surface area contributed by atoms with E-state index in [0.29, 0.717) is 12.8 Å². The summed E-state index contributed by atoms with van der Waals surface area (Å²) in [6, 6.07) is 0. The van der Waals surface area contributed by atoms with Crippen molar-refractivity contribution >= 4 is 17.9 Å². The second-order valence-electron chi connectivity index (χ2n) is 18.5. The summed E-state index contributed by atoms with van der Waals surface area (Å²) in [5, 5.41) is 0. The van der Waals surface area contributed by atoms with Crippen molar-refractivity contribution < 1.29 is 28.6 Å². The van der Waals surface area contributed by atoms with Crippen LogP contribution in [-0.2, 0) is 28.6 Å². The maximum atomic E-state index is 12.9. The standard InChI is InChI=1S/C67H104O6/c1-4-7-10-13-16-19-22-25-28-31-33-36-38-41-44-47-50-53-56-59-65(68)71-62-64(73-67(70)61-58-55-52-49-46-43-40-35-30-27-24-21-18-15-12-9-6-3)63-72-66(69)60-57-54-51-48-45-42-39-37-34-32-29-26-23-20-17-14-11-8-5-2/h7,10,16-21,25-30,33-34,36-37,40-45,51,54,64H,4-6,8-9,11-15,22-24,31-32,35,38-39,46-50,52-53,55-63H2,1-3H3/b10-7-,19-16-,20-17-,21-18-,28-25-,29-26-,30-27-,36-33-,37-34-,43-40-,44-41-,45-42-,54-51-/t64-/m1/s1. The van der Waals surface area contributed by atoms with Crippen LogP contribution >= 0.6 is 0 Å². The Balaban J connectivity index is 4.63. The number of ether oxygens (including phenoxy) is 3. The average molecular weight is 1010 g/mol. The third-order valence-electron chi connectivity index (χ3n) is 11.5. The largest absolute Gasteiger partial charge is 0.462 e. The quantitative estimate of drug-likeness (QED) is 0.0261. The smallest absolute Gasteiger partial charge is 0.306 e. The predicted octanol–water partition coefficient (Wildman–Crippen LogP) is 19.8. The van der Waals surface area contributed by atoms with E-state index in [1.165, 1.54) is 51.4 Å². The molecule has 0 aliphatic heterocycles. The highest BCUT2D eigenvalue weighted by Crippen LogP contribution is 2.11. The first-order valence-electron chi connectivity index (χ1n) is 29.0. The summed E-state index contributed by atoms with van der Waals surface area (Å²) >= 11 is 0. The molecule has 0 bridgehead atoms. The molecule has 1 atom stereocenters. The molecule has 0 spiro atoms. The van der Waals surface area contributed by atoms with Gasteiger partial charge in [-0.25, -0.2) is 0 Å². The number of unbranched alkanes of at least 4 members (excludes halogenated alkanes) is 13. The third-order valence-corrected chi connectivity index (χ3v) is 11.5. The van der Waals surface area contributed by atoms with Gasteiger partial charge in [0.2, 0.25) is 0 Å². The summed E-state index contributed by atoms with van der Waals surface area (Å²) in [5.74, 6) is -1.08. The van der Waals surface area contributed by atoms with Crippen LogP contribution in [0.2, 0.25) is 0 Å². The zero-order chi connectivity index (χ0) is 52.9. The average Bonchev–Trinajstić information content (AvgIpc) is 3.39. The van der Waals surface area contributed by atoms with Crippen LogP contribution in [0.25, 0.3) is 0 Å². The van der Waals surface area contributed by atoms with Crippen molar-refractivity contribution in [2.75, 3.05) is 13.2 Å². The Kier molecular flexibility index (Phi) is 55.5. The summed E-state index contributed by atoms with van der Waals surface area (Å²) in [4.78, 5) is 38.2. The third kappa shape index (κ3) is 57.8. The minimum Gasteiger partial charge on any atom is -0.462 e. The lowest BCUT2D eigenvalue weighted by Gasteiger charge is -2.18. The molecule has 0 N–H and O–H groups in total. The molecule has 0 rings (SSSR count). The molecular formula is C67H104O6. The van der Waals surface area contributed by atoms with Crippen molar-refractivity contribution in [3.05, 3.63) is 158 Å². The molecule has 0 aliphatic carbocycles. The zero-order valence-corrected chi connectivity index (χ0v) is 46.6. The van der Waals surface area contributed by atoms with Gasteiger partial charge in [-0.1, -0.05) is 224 Å². The molecular weight excluding hydrogens is 901 g/mol. The Bertz CT molecular complexity index is 1670. The van der Waals surface area contributed by atoms with Crippen molar-refractivity contribution in [1.82, 2.24) is 0 Å². The molecule has 0 saturated carbocycles. The molecule has 408 valence electrons. The van der Waals surface area contributed by atoms with Gasteiger partial charge in [-0.05, 0) is 141 Å². The van der Waals surface area contributed by atoms with Crippen molar-refractivity contribution in [2.45, 2.75) is 232 Å². The number of esters is 3. The minimum absolute atomic E-state index is 0.135. The van der Waals surface area contributed by atoms with Gasteiger partial charge in [-0.3, -0.25) is 14.4 Å². The first-order chi connectivity index (χ1) is 36.0. The molecule has 0 aromatic rings. The van der Waals surface area contributed by atoms with E-state index in [2.05, 4.69) is 167 Å². The van der Waals surface area contributed by atoms with Crippen molar-refractivity contribution in [2.24, 2.45) is 0 Å². The van der Waals surface area contributed by atoms with Crippen LogP contribution in [0.15, 0.2) is 158 Å². The highest BCUT2D eigenvalue weighted by atomic mass is 16.6. The van der Waals surface area contributed by atoms with Gasteiger partial charge in [0.1, 0.15) is 13.2 Å². The lowest BCUT2D eigenvalue weighted by atomic mass is 10.1. The molecule has 0 aliphatic rings. The van der Waals surface area contributed by atoms with Crippen LogP contribution in [0.1, 0.15) is 226 Å². The first kappa shape index (κ1) is 68.0. The highest BCUT2D eigenvalue weighted by Gasteiger charge is 2.19. The van der Waals surface area contributed by atoms with Gasteiger partial charge in [0.25, 0.3) is 0 Å². The van der Waals surface area contributed by atoms with Gasteiger partial charge in [0.05, 0.1) is 0 Å². The maximum Gasteiger partial charge on any atom is 0.306 e. The van der Waals surface area contributed by atoms with E-state index < -0.39 is 6.10 Å². The molecule has 6 heteroatoms. The lowest BCUT2D eigenvalue weighted by Crippen LogP contribution is -2.30. The Morgan fingerprint density at radius 3 is 0.918 bits per heavy atom. The predicted molar refractivity (Wildman–Crippen MR) is 315 cm³/mol. The van der Waals surface area contributed by atoms with Crippen LogP contribution in [-0.4, -0.2) is 37.2 Å². The normalized spacial score (nSPS) is 13.3. The van der Waals surface area contributed by atoms with Crippen molar-refractivity contribution in [3.8, 4) is 0 Å². The zero-order valence-electron chi connectivity index (χ0n) is 46.6. The van der Waals surface area contributed by atoms with E-state index in [-0.39, 0.29) is 44.0 Å². The van der Waals surface area contributed by atoms with Gasteiger partial charge < -0.3 is 14.2 Å². The van der Waals surface area contributed by atoms with E-state index in [1.54, 1.807) is 0 Å². The second kappa shape index (κ2) is 59.6. The molecule has 0 heterocycles. The van der Waals surface area contributed by atoms with E-state index in [1.807, 2.05) is 12.2 Å². The van der Waals surface area contributed by atoms with E-state index in [4.69, 9.17) is 14.2 Å². The molecule has 0 fully saturated rings. The van der Waals surface area contributed by atoms with Crippen LogP contribution < -0.4 is 0 Å². The summed E-state index contributed by atoms with van der Waals surface area (Å²) < 4.78 is 16.8. The Morgan fingerprint density at radius 2 is 0.562 bits per heavy atom. The molecule has 0 amide bonds. The SMILES string of the molecule is CC/C=C\C/C=C\C/C=C\C/C=C\C/C=C\CCCCCC(=O)OC[C@H](COC(=O)CC/C=C\C/C=C\C/C=C\C/C=C\C/C=C\CCCCC)OC(=O)CCCCCC/C=C\C/C=C\C/C=C\CCCCC. The van der Waals surface area contributed by atoms with Crippen molar-refractivity contribution in [3.63, 3.8) is 0 Å². The summed E-state index contributed by atoms with van der Waals surface area (Å²) in [6.07, 6.45) is 86.7. The monoisotopic (exact) mass is 1000 g/mol. The lowest BCUT2D eigenvalue weighted by molar-refractivity contribution is -0.166. The molecule has 0 aromatic heterocycles. The van der Waals surface area contributed by atoms with Crippen molar-refractivity contribution in [1.29, 1.82) is 0 Å². The number of rotatable bonds is 50. The summed E-state index contributed by atoms with van der Waals surface area (Å²) in [7, 11) is 0. The van der Waals surface area contributed by atoms with Gasteiger partial charge >= 0.3 is 17.9 Å². The van der Waals surface area contributed by atoms with Gasteiger partial charge in [-0.2, -0.15) is 0 Å². The second-order valence-corrected chi connectivity index (χ2v) is 18.5.